The van der Waals surface area contributed by atoms with Gasteiger partial charge in [0.25, 0.3) is 0 Å². The van der Waals surface area contributed by atoms with Crippen LogP contribution in [0.1, 0.15) is 32.4 Å². The Morgan fingerprint density at radius 1 is 1.29 bits per heavy atom. The molecule has 1 N–H and O–H groups in total. The predicted molar refractivity (Wildman–Crippen MR) is 89.7 cm³/mol. The van der Waals surface area contributed by atoms with Crippen molar-refractivity contribution in [2.24, 2.45) is 5.92 Å². The highest BCUT2D eigenvalue weighted by Gasteiger charge is 2.24. The molecule has 1 aromatic heterocycles. The zero-order valence-electron chi connectivity index (χ0n) is 13.3. The van der Waals surface area contributed by atoms with Crippen LogP contribution in [-0.2, 0) is 6.54 Å². The Morgan fingerprint density at radius 2 is 2.05 bits per heavy atom. The van der Waals surface area contributed by atoms with Crippen LogP contribution in [0.3, 0.4) is 0 Å². The van der Waals surface area contributed by atoms with Gasteiger partial charge in [-0.2, -0.15) is 0 Å². The summed E-state index contributed by atoms with van der Waals surface area (Å²) in [5.74, 6) is 1.99. The SMILES string of the molecule is CC(C)NCc1cc2ccccc2c(N(C)CC2CC2)n1. The molecular formula is C18H25N3. The third-order valence-corrected chi connectivity index (χ3v) is 4.06. The summed E-state index contributed by atoms with van der Waals surface area (Å²) in [6.07, 6.45) is 2.74. The number of hydrogen-bond donors (Lipinski definition) is 1. The van der Waals surface area contributed by atoms with Crippen molar-refractivity contribution < 1.29 is 0 Å². The Labute approximate surface area is 127 Å². The van der Waals surface area contributed by atoms with Gasteiger partial charge in [-0.05, 0) is 30.2 Å². The molecule has 0 radical (unpaired) electrons. The van der Waals surface area contributed by atoms with E-state index in [1.54, 1.807) is 0 Å². The standard InChI is InChI=1S/C18H25N3/c1-13(2)19-11-16-10-15-6-4-5-7-17(15)18(20-16)21(3)12-14-8-9-14/h4-7,10,13-14,19H,8-9,11-12H2,1-3H3. The van der Waals surface area contributed by atoms with Crippen molar-refractivity contribution in [3.63, 3.8) is 0 Å². The summed E-state index contributed by atoms with van der Waals surface area (Å²) in [7, 11) is 2.17. The first-order valence-corrected chi connectivity index (χ1v) is 7.96. The number of nitrogens with zero attached hydrogens (tertiary/aromatic N) is 2. The minimum Gasteiger partial charge on any atom is -0.359 e. The highest BCUT2D eigenvalue weighted by Crippen LogP contribution is 2.32. The molecule has 0 atom stereocenters. The summed E-state index contributed by atoms with van der Waals surface area (Å²) in [5.41, 5.74) is 1.13. The molecule has 1 heterocycles. The molecule has 1 saturated carbocycles. The molecule has 3 rings (SSSR count). The number of anilines is 1. The molecule has 0 unspecified atom stereocenters. The van der Waals surface area contributed by atoms with Crippen molar-refractivity contribution >= 4 is 16.6 Å². The topological polar surface area (TPSA) is 28.2 Å². The molecule has 1 fully saturated rings. The zero-order chi connectivity index (χ0) is 14.8. The van der Waals surface area contributed by atoms with Crippen LogP contribution in [0.5, 0.6) is 0 Å². The number of nitrogens with one attached hydrogen (secondary N) is 1. The van der Waals surface area contributed by atoms with Crippen LogP contribution in [0.4, 0.5) is 5.82 Å². The van der Waals surface area contributed by atoms with Gasteiger partial charge in [-0.3, -0.25) is 0 Å². The van der Waals surface area contributed by atoms with Crippen LogP contribution in [-0.4, -0.2) is 24.6 Å². The Balaban J connectivity index is 1.93. The Kier molecular flexibility index (Phi) is 4.11. The first kappa shape index (κ1) is 14.3. The van der Waals surface area contributed by atoms with Gasteiger partial charge < -0.3 is 10.2 Å². The fraction of sp³-hybridized carbons (Fsp3) is 0.500. The fourth-order valence-electron chi connectivity index (χ4n) is 2.70. The van der Waals surface area contributed by atoms with Crippen molar-refractivity contribution in [3.05, 3.63) is 36.0 Å². The van der Waals surface area contributed by atoms with Gasteiger partial charge in [0.1, 0.15) is 5.82 Å². The third kappa shape index (κ3) is 3.53. The highest BCUT2D eigenvalue weighted by atomic mass is 15.2. The molecule has 0 saturated heterocycles. The lowest BCUT2D eigenvalue weighted by Crippen LogP contribution is -2.24. The second-order valence-electron chi connectivity index (χ2n) is 6.52. The highest BCUT2D eigenvalue weighted by molar-refractivity contribution is 5.92. The van der Waals surface area contributed by atoms with Crippen LogP contribution in [0.25, 0.3) is 10.8 Å². The number of hydrogen-bond acceptors (Lipinski definition) is 3. The zero-order valence-corrected chi connectivity index (χ0v) is 13.3. The predicted octanol–water partition coefficient (Wildman–Crippen LogP) is 3.58. The molecule has 0 spiro atoms. The number of rotatable bonds is 6. The lowest BCUT2D eigenvalue weighted by atomic mass is 10.1. The molecule has 21 heavy (non-hydrogen) atoms. The molecule has 3 nitrogen and oxygen atoms in total. The van der Waals surface area contributed by atoms with Gasteiger partial charge in [-0.1, -0.05) is 38.1 Å². The van der Waals surface area contributed by atoms with E-state index in [1.807, 2.05) is 0 Å². The van der Waals surface area contributed by atoms with Crippen molar-refractivity contribution in [2.75, 3.05) is 18.5 Å². The van der Waals surface area contributed by atoms with Crippen molar-refractivity contribution in [1.82, 2.24) is 10.3 Å². The van der Waals surface area contributed by atoms with Crippen LogP contribution in [0, 0.1) is 5.92 Å². The molecule has 2 aromatic rings. The molecular weight excluding hydrogens is 258 g/mol. The van der Waals surface area contributed by atoms with Crippen LogP contribution < -0.4 is 10.2 Å². The summed E-state index contributed by atoms with van der Waals surface area (Å²) >= 11 is 0. The summed E-state index contributed by atoms with van der Waals surface area (Å²) < 4.78 is 0. The molecule has 112 valence electrons. The van der Waals surface area contributed by atoms with Gasteiger partial charge in [0.05, 0.1) is 5.69 Å². The second-order valence-corrected chi connectivity index (χ2v) is 6.52. The summed E-state index contributed by atoms with van der Waals surface area (Å²) in [6.45, 7) is 6.28. The van der Waals surface area contributed by atoms with Gasteiger partial charge in [0.15, 0.2) is 0 Å². The first-order valence-electron chi connectivity index (χ1n) is 7.96. The number of aromatic nitrogens is 1. The van der Waals surface area contributed by atoms with E-state index in [0.717, 1.165) is 30.5 Å². The summed E-state index contributed by atoms with van der Waals surface area (Å²) in [5, 5.41) is 6.01. The number of benzene rings is 1. The molecule has 0 amide bonds. The van der Waals surface area contributed by atoms with Gasteiger partial charge in [0, 0.05) is 31.6 Å². The fourth-order valence-corrected chi connectivity index (χ4v) is 2.70. The van der Waals surface area contributed by atoms with E-state index in [-0.39, 0.29) is 0 Å². The van der Waals surface area contributed by atoms with Gasteiger partial charge in [-0.15, -0.1) is 0 Å². The van der Waals surface area contributed by atoms with E-state index in [9.17, 15) is 0 Å². The van der Waals surface area contributed by atoms with Gasteiger partial charge in [-0.25, -0.2) is 4.98 Å². The molecule has 0 aliphatic heterocycles. The Morgan fingerprint density at radius 3 is 2.76 bits per heavy atom. The van der Waals surface area contributed by atoms with Crippen LogP contribution in [0.15, 0.2) is 30.3 Å². The van der Waals surface area contributed by atoms with Gasteiger partial charge in [0.2, 0.25) is 0 Å². The van der Waals surface area contributed by atoms with E-state index >= 15 is 0 Å². The normalized spacial score (nSPS) is 14.9. The quantitative estimate of drug-likeness (QED) is 0.878. The van der Waals surface area contributed by atoms with Crippen molar-refractivity contribution in [2.45, 2.75) is 39.3 Å². The molecule has 3 heteroatoms. The summed E-state index contributed by atoms with van der Waals surface area (Å²) in [4.78, 5) is 7.25. The van der Waals surface area contributed by atoms with Crippen molar-refractivity contribution in [3.8, 4) is 0 Å². The molecule has 1 aliphatic carbocycles. The summed E-state index contributed by atoms with van der Waals surface area (Å²) in [6, 6.07) is 11.3. The monoisotopic (exact) mass is 283 g/mol. The average molecular weight is 283 g/mol. The first-order chi connectivity index (χ1) is 10.1. The van der Waals surface area contributed by atoms with E-state index in [2.05, 4.69) is 61.4 Å². The molecule has 1 aliphatic rings. The maximum absolute atomic E-state index is 4.92. The Hall–Kier alpha value is -1.61. The maximum atomic E-state index is 4.92. The van der Waals surface area contributed by atoms with Gasteiger partial charge >= 0.3 is 0 Å². The van der Waals surface area contributed by atoms with E-state index in [4.69, 9.17) is 4.98 Å². The largest absolute Gasteiger partial charge is 0.359 e. The second kappa shape index (κ2) is 6.02. The number of fused-ring (bicyclic) bond motifs is 1. The van der Waals surface area contributed by atoms with Crippen LogP contribution in [0.2, 0.25) is 0 Å². The smallest absolute Gasteiger partial charge is 0.136 e. The lowest BCUT2D eigenvalue weighted by molar-refractivity contribution is 0.581. The minimum absolute atomic E-state index is 0.478. The third-order valence-electron chi connectivity index (χ3n) is 4.06. The van der Waals surface area contributed by atoms with E-state index in [1.165, 1.54) is 23.6 Å². The Bertz CT molecular complexity index is 617. The lowest BCUT2D eigenvalue weighted by Gasteiger charge is -2.21. The number of pyridine rings is 1. The minimum atomic E-state index is 0.478. The van der Waals surface area contributed by atoms with Crippen molar-refractivity contribution in [1.29, 1.82) is 0 Å². The molecule has 1 aromatic carbocycles. The van der Waals surface area contributed by atoms with Crippen LogP contribution >= 0.6 is 0 Å². The van der Waals surface area contributed by atoms with E-state index in [0.29, 0.717) is 6.04 Å². The maximum Gasteiger partial charge on any atom is 0.136 e. The average Bonchev–Trinajstić information content (AvgIpc) is 3.28. The van der Waals surface area contributed by atoms with E-state index < -0.39 is 0 Å². The molecule has 0 bridgehead atoms.